The predicted molar refractivity (Wildman–Crippen MR) is 111 cm³/mol. The van der Waals surface area contributed by atoms with Crippen molar-refractivity contribution in [1.82, 2.24) is 14.9 Å². The van der Waals surface area contributed by atoms with Crippen molar-refractivity contribution in [3.05, 3.63) is 41.1 Å². The molecule has 146 valence electrons. The molecular weight excluding hydrogens is 338 g/mol. The largest absolute Gasteiger partial charge is 0.497 e. The van der Waals surface area contributed by atoms with E-state index >= 15 is 0 Å². The number of methoxy groups -OCH3 is 1. The first-order valence-electron chi connectivity index (χ1n) is 9.64. The Balaban J connectivity index is 1.81. The molecule has 1 aromatic heterocycles. The van der Waals surface area contributed by atoms with Crippen molar-refractivity contribution in [2.45, 2.75) is 32.7 Å². The average Bonchev–Trinajstić information content (AvgIpc) is 2.66. The summed E-state index contributed by atoms with van der Waals surface area (Å²) in [5.74, 6) is 3.02. The zero-order valence-corrected chi connectivity index (χ0v) is 17.1. The Kier molecular flexibility index (Phi) is 6.16. The molecule has 0 unspecified atom stereocenters. The Morgan fingerprint density at radius 3 is 2.70 bits per heavy atom. The lowest BCUT2D eigenvalue weighted by molar-refractivity contribution is 0.413. The minimum atomic E-state index is 0.363. The highest BCUT2D eigenvalue weighted by atomic mass is 16.5. The third-order valence-electron chi connectivity index (χ3n) is 4.92. The molecular formula is C21H31N5O. The van der Waals surface area contributed by atoms with Gasteiger partial charge in [0.15, 0.2) is 0 Å². The zero-order valence-electron chi connectivity index (χ0n) is 17.1. The van der Waals surface area contributed by atoms with Gasteiger partial charge in [0.1, 0.15) is 11.6 Å². The maximum atomic E-state index is 5.36. The highest BCUT2D eigenvalue weighted by Crippen LogP contribution is 2.28. The van der Waals surface area contributed by atoms with Crippen molar-refractivity contribution in [1.29, 1.82) is 0 Å². The minimum absolute atomic E-state index is 0.363. The molecule has 0 saturated heterocycles. The van der Waals surface area contributed by atoms with Crippen molar-refractivity contribution >= 4 is 11.8 Å². The summed E-state index contributed by atoms with van der Waals surface area (Å²) in [6, 6.07) is 8.49. The monoisotopic (exact) mass is 369 g/mol. The van der Waals surface area contributed by atoms with Crippen molar-refractivity contribution in [2.24, 2.45) is 0 Å². The molecule has 0 bridgehead atoms. The quantitative estimate of drug-likeness (QED) is 0.809. The van der Waals surface area contributed by atoms with E-state index in [1.807, 2.05) is 6.07 Å². The number of ether oxygens (including phenoxy) is 1. The molecule has 1 aliphatic heterocycles. The van der Waals surface area contributed by atoms with E-state index in [4.69, 9.17) is 14.7 Å². The summed E-state index contributed by atoms with van der Waals surface area (Å²) in [4.78, 5) is 14.0. The Morgan fingerprint density at radius 1 is 1.19 bits per heavy atom. The Morgan fingerprint density at radius 2 is 2.00 bits per heavy atom. The molecule has 0 saturated carbocycles. The van der Waals surface area contributed by atoms with E-state index in [0.717, 1.165) is 55.8 Å². The number of nitrogens with zero attached hydrogens (tertiary/aromatic N) is 4. The van der Waals surface area contributed by atoms with Crippen LogP contribution in [0.4, 0.5) is 11.8 Å². The molecule has 2 heterocycles. The molecule has 0 aliphatic carbocycles. The molecule has 6 nitrogen and oxygen atoms in total. The lowest BCUT2D eigenvalue weighted by atomic mass is 9.99. The van der Waals surface area contributed by atoms with Crippen LogP contribution in [0.3, 0.4) is 0 Å². The van der Waals surface area contributed by atoms with Crippen LogP contribution in [0.1, 0.15) is 36.6 Å². The van der Waals surface area contributed by atoms with Gasteiger partial charge < -0.3 is 19.9 Å². The van der Waals surface area contributed by atoms with Crippen LogP contribution in [-0.4, -0.2) is 55.7 Å². The lowest BCUT2D eigenvalue weighted by Gasteiger charge is -2.30. The van der Waals surface area contributed by atoms with Crippen molar-refractivity contribution in [3.8, 4) is 5.75 Å². The molecule has 1 aromatic carbocycles. The summed E-state index contributed by atoms with van der Waals surface area (Å²) in [6.45, 7) is 7.94. The molecule has 3 rings (SSSR count). The van der Waals surface area contributed by atoms with E-state index < -0.39 is 0 Å². The fourth-order valence-corrected chi connectivity index (χ4v) is 3.23. The second kappa shape index (κ2) is 8.57. The van der Waals surface area contributed by atoms with Crippen molar-refractivity contribution < 1.29 is 4.74 Å². The summed E-state index contributed by atoms with van der Waals surface area (Å²) in [6.07, 6.45) is 0.997. The fourth-order valence-electron chi connectivity index (χ4n) is 3.23. The van der Waals surface area contributed by atoms with Crippen LogP contribution in [0, 0.1) is 0 Å². The maximum absolute atomic E-state index is 5.36. The maximum Gasteiger partial charge on any atom is 0.224 e. The van der Waals surface area contributed by atoms with Gasteiger partial charge in [-0.25, -0.2) is 4.98 Å². The number of aromatic nitrogens is 2. The van der Waals surface area contributed by atoms with Crippen molar-refractivity contribution in [2.75, 3.05) is 51.1 Å². The summed E-state index contributed by atoms with van der Waals surface area (Å²) >= 11 is 0. The van der Waals surface area contributed by atoms with Gasteiger partial charge in [-0.15, -0.1) is 0 Å². The van der Waals surface area contributed by atoms with Gasteiger partial charge in [-0.1, -0.05) is 19.9 Å². The van der Waals surface area contributed by atoms with Gasteiger partial charge in [0.25, 0.3) is 0 Å². The highest BCUT2D eigenvalue weighted by molar-refractivity contribution is 5.49. The minimum Gasteiger partial charge on any atom is -0.497 e. The average molecular weight is 370 g/mol. The first kappa shape index (κ1) is 19.4. The lowest BCUT2D eigenvalue weighted by Crippen LogP contribution is -2.31. The van der Waals surface area contributed by atoms with Gasteiger partial charge >= 0.3 is 0 Å². The molecule has 0 spiro atoms. The van der Waals surface area contributed by atoms with Gasteiger partial charge in [0, 0.05) is 32.2 Å². The Bertz CT molecular complexity index is 775. The SMILES string of the molecule is COc1ccc2c(c1)CCN(c1cc(C(C)C)nc(NCCN(C)C)n1)C2. The second-order valence-corrected chi connectivity index (χ2v) is 7.67. The molecule has 6 heteroatoms. The van der Waals surface area contributed by atoms with Crippen LogP contribution in [0.2, 0.25) is 0 Å². The number of rotatable bonds is 7. The molecule has 27 heavy (non-hydrogen) atoms. The van der Waals surface area contributed by atoms with E-state index in [2.05, 4.69) is 61.3 Å². The van der Waals surface area contributed by atoms with Gasteiger partial charge in [-0.2, -0.15) is 4.98 Å². The van der Waals surface area contributed by atoms with E-state index in [1.165, 1.54) is 11.1 Å². The van der Waals surface area contributed by atoms with E-state index in [0.29, 0.717) is 5.92 Å². The number of anilines is 2. The number of hydrogen-bond acceptors (Lipinski definition) is 6. The Labute approximate surface area is 162 Å². The van der Waals surface area contributed by atoms with Gasteiger partial charge in [0.2, 0.25) is 5.95 Å². The van der Waals surface area contributed by atoms with E-state index in [1.54, 1.807) is 7.11 Å². The summed E-state index contributed by atoms with van der Waals surface area (Å²) < 4.78 is 5.36. The standard InChI is InChI=1S/C21H31N5O/c1-15(2)19-13-20(24-21(23-19)22-9-11-25(3)4)26-10-8-16-12-18(27-5)7-6-17(16)14-26/h6-7,12-13,15H,8-11,14H2,1-5H3,(H,22,23,24). The molecule has 0 radical (unpaired) electrons. The third kappa shape index (κ3) is 4.89. The smallest absolute Gasteiger partial charge is 0.224 e. The molecule has 1 aliphatic rings. The normalized spacial score (nSPS) is 13.8. The second-order valence-electron chi connectivity index (χ2n) is 7.67. The van der Waals surface area contributed by atoms with Crippen LogP contribution in [0.5, 0.6) is 5.75 Å². The van der Waals surface area contributed by atoms with Crippen LogP contribution in [0.15, 0.2) is 24.3 Å². The molecule has 0 amide bonds. The number of nitrogens with one attached hydrogen (secondary N) is 1. The highest BCUT2D eigenvalue weighted by Gasteiger charge is 2.20. The van der Waals surface area contributed by atoms with Crippen LogP contribution >= 0.6 is 0 Å². The third-order valence-corrected chi connectivity index (χ3v) is 4.92. The molecule has 0 atom stereocenters. The molecule has 1 N–H and O–H groups in total. The fraction of sp³-hybridized carbons (Fsp3) is 0.524. The summed E-state index contributed by atoms with van der Waals surface area (Å²) in [7, 11) is 5.85. The first-order chi connectivity index (χ1) is 13.0. The van der Waals surface area contributed by atoms with Crippen LogP contribution < -0.4 is 15.0 Å². The molecule has 2 aromatic rings. The molecule has 0 fully saturated rings. The van der Waals surface area contributed by atoms with E-state index in [-0.39, 0.29) is 0 Å². The van der Waals surface area contributed by atoms with Gasteiger partial charge in [-0.3, -0.25) is 0 Å². The number of benzene rings is 1. The Hall–Kier alpha value is -2.34. The number of fused-ring (bicyclic) bond motifs is 1. The van der Waals surface area contributed by atoms with E-state index in [9.17, 15) is 0 Å². The van der Waals surface area contributed by atoms with Gasteiger partial charge in [0.05, 0.1) is 12.8 Å². The zero-order chi connectivity index (χ0) is 19.4. The summed E-state index contributed by atoms with van der Waals surface area (Å²) in [5.41, 5.74) is 3.79. The van der Waals surface area contributed by atoms with Gasteiger partial charge in [-0.05, 0) is 49.7 Å². The topological polar surface area (TPSA) is 53.5 Å². The number of likely N-dealkylation sites (N-methyl/N-ethyl adjacent to an activating group) is 1. The van der Waals surface area contributed by atoms with Crippen molar-refractivity contribution in [3.63, 3.8) is 0 Å². The van der Waals surface area contributed by atoms with Crippen LogP contribution in [-0.2, 0) is 13.0 Å². The summed E-state index contributed by atoms with van der Waals surface area (Å²) in [5, 5.41) is 3.38. The first-order valence-corrected chi connectivity index (χ1v) is 9.64. The van der Waals surface area contributed by atoms with Crippen LogP contribution in [0.25, 0.3) is 0 Å². The predicted octanol–water partition coefficient (Wildman–Crippen LogP) is 3.14. The number of hydrogen-bond donors (Lipinski definition) is 1.